The minimum atomic E-state index is -0.734. The number of halogens is 1. The first-order valence-corrected chi connectivity index (χ1v) is 14.1. The third-order valence-electron chi connectivity index (χ3n) is 6.72. The molecule has 0 saturated carbocycles. The summed E-state index contributed by atoms with van der Waals surface area (Å²) in [6, 6.07) is 29.7. The molecule has 0 heterocycles. The topological polar surface area (TPSA) is 84.9 Å². The molecule has 1 N–H and O–H groups in total. The number of ketones is 1. The molecule has 0 aliphatic heterocycles. The van der Waals surface area contributed by atoms with E-state index in [-0.39, 0.29) is 18.3 Å². The van der Waals surface area contributed by atoms with Gasteiger partial charge in [-0.3, -0.25) is 9.59 Å². The van der Waals surface area contributed by atoms with Crippen molar-refractivity contribution in [1.29, 1.82) is 0 Å². The highest BCUT2D eigenvalue weighted by Crippen LogP contribution is 2.23. The third kappa shape index (κ3) is 8.33. The van der Waals surface area contributed by atoms with Crippen molar-refractivity contribution in [1.82, 2.24) is 0 Å². The van der Waals surface area contributed by atoms with Crippen molar-refractivity contribution >= 4 is 40.6 Å². The van der Waals surface area contributed by atoms with Gasteiger partial charge in [-0.05, 0) is 61.0 Å². The van der Waals surface area contributed by atoms with Crippen molar-refractivity contribution in [3.8, 4) is 5.75 Å². The molecule has 0 radical (unpaired) electrons. The van der Waals surface area contributed by atoms with E-state index in [0.717, 1.165) is 5.56 Å². The Bertz CT molecular complexity index is 1570. The van der Waals surface area contributed by atoms with Crippen molar-refractivity contribution in [2.45, 2.75) is 19.4 Å². The second-order valence-corrected chi connectivity index (χ2v) is 10.3. The molecule has 220 valence electrons. The monoisotopic (exact) mass is 596 g/mol. The lowest BCUT2D eigenvalue weighted by molar-refractivity contribution is -0.141. The second-order valence-electron chi connectivity index (χ2n) is 9.87. The van der Waals surface area contributed by atoms with Crippen LogP contribution in [0, 0.1) is 0 Å². The molecule has 0 fully saturated rings. The molecule has 4 aromatic rings. The van der Waals surface area contributed by atoms with Crippen LogP contribution in [0.5, 0.6) is 5.75 Å². The van der Waals surface area contributed by atoms with Gasteiger partial charge in [0.15, 0.2) is 5.78 Å². The van der Waals surface area contributed by atoms with Crippen LogP contribution in [0.4, 0.5) is 11.4 Å². The molecule has 8 heteroatoms. The molecular formula is C35H33ClN2O5. The standard InChI is InChI=1S/C35H33ClN2O5/c1-24(2)34(40)38(28-17-15-27(36)16-18-28)21-22-43-29-19-13-25(14-20-29)23-32(35(41)42-3)37-31-12-8-7-11-30(31)33(39)26-9-5-4-6-10-26/h4-20,32,37H,1,21-23H2,2-3H3/t32-/m0/s1. The van der Waals surface area contributed by atoms with Gasteiger partial charge in [-0.2, -0.15) is 0 Å². The van der Waals surface area contributed by atoms with Crippen LogP contribution in [0.3, 0.4) is 0 Å². The maximum Gasteiger partial charge on any atom is 0.328 e. The third-order valence-corrected chi connectivity index (χ3v) is 6.97. The lowest BCUT2D eigenvalue weighted by Crippen LogP contribution is -2.35. The molecule has 0 spiro atoms. The van der Waals surface area contributed by atoms with E-state index in [1.54, 1.807) is 66.4 Å². The van der Waals surface area contributed by atoms with Gasteiger partial charge < -0.3 is 19.7 Å². The quantitative estimate of drug-likeness (QED) is 0.104. The number of benzene rings is 4. The van der Waals surface area contributed by atoms with Gasteiger partial charge in [-0.1, -0.05) is 72.8 Å². The summed E-state index contributed by atoms with van der Waals surface area (Å²) in [5.74, 6) is -0.182. The molecule has 1 amide bonds. The first-order chi connectivity index (χ1) is 20.8. The number of amides is 1. The van der Waals surface area contributed by atoms with Gasteiger partial charge in [0.05, 0.1) is 13.7 Å². The minimum Gasteiger partial charge on any atom is -0.492 e. The molecule has 0 aliphatic carbocycles. The van der Waals surface area contributed by atoms with Gasteiger partial charge in [0, 0.05) is 39.5 Å². The van der Waals surface area contributed by atoms with Crippen LogP contribution in [-0.2, 0) is 20.7 Å². The summed E-state index contributed by atoms with van der Waals surface area (Å²) in [5.41, 5.74) is 3.54. The maximum atomic E-state index is 13.2. The molecule has 0 saturated heterocycles. The van der Waals surface area contributed by atoms with E-state index in [9.17, 15) is 14.4 Å². The van der Waals surface area contributed by atoms with E-state index in [0.29, 0.717) is 51.8 Å². The number of para-hydroxylation sites is 1. The number of rotatable bonds is 13. The Hall–Kier alpha value is -4.88. The van der Waals surface area contributed by atoms with Crippen molar-refractivity contribution in [2.24, 2.45) is 0 Å². The highest BCUT2D eigenvalue weighted by molar-refractivity contribution is 6.30. The van der Waals surface area contributed by atoms with Crippen LogP contribution in [0.2, 0.25) is 5.02 Å². The number of ether oxygens (including phenoxy) is 2. The number of hydrogen-bond acceptors (Lipinski definition) is 6. The molecule has 4 aromatic carbocycles. The zero-order valence-electron chi connectivity index (χ0n) is 24.1. The highest BCUT2D eigenvalue weighted by atomic mass is 35.5. The summed E-state index contributed by atoms with van der Waals surface area (Å²) in [7, 11) is 1.33. The molecule has 0 bridgehead atoms. The van der Waals surface area contributed by atoms with Crippen LogP contribution in [0.25, 0.3) is 0 Å². The summed E-state index contributed by atoms with van der Waals surface area (Å²) in [6.07, 6.45) is 0.318. The number of methoxy groups -OCH3 is 1. The fourth-order valence-corrected chi connectivity index (χ4v) is 4.61. The number of carbonyl (C=O) groups excluding carboxylic acids is 3. The van der Waals surface area contributed by atoms with Gasteiger partial charge in [-0.25, -0.2) is 4.79 Å². The van der Waals surface area contributed by atoms with Crippen LogP contribution >= 0.6 is 11.6 Å². The average Bonchev–Trinajstić information content (AvgIpc) is 3.03. The average molecular weight is 597 g/mol. The summed E-state index contributed by atoms with van der Waals surface area (Å²) < 4.78 is 11.0. The number of hydrogen-bond donors (Lipinski definition) is 1. The van der Waals surface area contributed by atoms with E-state index in [1.165, 1.54) is 7.11 Å². The second kappa shape index (κ2) is 14.8. The van der Waals surface area contributed by atoms with E-state index in [2.05, 4.69) is 11.9 Å². The van der Waals surface area contributed by atoms with Crippen LogP contribution in [-0.4, -0.2) is 44.0 Å². The van der Waals surface area contributed by atoms with E-state index in [1.807, 2.05) is 48.5 Å². The number of carbonyl (C=O) groups is 3. The van der Waals surface area contributed by atoms with Crippen LogP contribution < -0.4 is 15.0 Å². The Labute approximate surface area is 256 Å². The Morgan fingerprint density at radius 2 is 1.53 bits per heavy atom. The van der Waals surface area contributed by atoms with Gasteiger partial charge in [0.2, 0.25) is 0 Å². The SMILES string of the molecule is C=C(C)C(=O)N(CCOc1ccc(C[C@H](Nc2ccccc2C(=O)c2ccccc2)C(=O)OC)cc1)c1ccc(Cl)cc1. The van der Waals surface area contributed by atoms with Crippen molar-refractivity contribution in [2.75, 3.05) is 30.5 Å². The smallest absolute Gasteiger partial charge is 0.328 e. The van der Waals surface area contributed by atoms with Gasteiger partial charge in [0.25, 0.3) is 5.91 Å². The molecule has 0 aliphatic rings. The fourth-order valence-electron chi connectivity index (χ4n) is 4.49. The van der Waals surface area contributed by atoms with Crippen molar-refractivity contribution < 1.29 is 23.9 Å². The lowest BCUT2D eigenvalue weighted by Gasteiger charge is -2.23. The largest absolute Gasteiger partial charge is 0.492 e. The van der Waals surface area contributed by atoms with E-state index < -0.39 is 12.0 Å². The predicted octanol–water partition coefficient (Wildman–Crippen LogP) is 6.76. The molecule has 0 aromatic heterocycles. The first kappa shape index (κ1) is 31.1. The predicted molar refractivity (Wildman–Crippen MR) is 170 cm³/mol. The fraction of sp³-hybridized carbons (Fsp3) is 0.171. The number of esters is 1. The Balaban J connectivity index is 1.42. The lowest BCUT2D eigenvalue weighted by atomic mass is 10.00. The number of nitrogens with zero attached hydrogens (tertiary/aromatic N) is 1. The summed E-state index contributed by atoms with van der Waals surface area (Å²) >= 11 is 6.01. The first-order valence-electron chi connectivity index (χ1n) is 13.7. The highest BCUT2D eigenvalue weighted by Gasteiger charge is 2.23. The summed E-state index contributed by atoms with van der Waals surface area (Å²) in [5, 5.41) is 3.80. The van der Waals surface area contributed by atoms with Crippen molar-refractivity contribution in [3.05, 3.63) is 137 Å². The zero-order chi connectivity index (χ0) is 30.8. The van der Waals surface area contributed by atoms with Gasteiger partial charge in [0.1, 0.15) is 18.4 Å². The zero-order valence-corrected chi connectivity index (χ0v) is 24.8. The normalized spacial score (nSPS) is 11.2. The molecule has 43 heavy (non-hydrogen) atoms. The van der Waals surface area contributed by atoms with Gasteiger partial charge in [-0.15, -0.1) is 0 Å². The van der Waals surface area contributed by atoms with E-state index in [4.69, 9.17) is 21.1 Å². The Kier molecular flexibility index (Phi) is 10.7. The Morgan fingerprint density at radius 1 is 0.884 bits per heavy atom. The minimum absolute atomic E-state index is 0.145. The molecule has 7 nitrogen and oxygen atoms in total. The number of anilines is 2. The van der Waals surface area contributed by atoms with Gasteiger partial charge >= 0.3 is 5.97 Å². The maximum absolute atomic E-state index is 13.2. The Morgan fingerprint density at radius 3 is 2.19 bits per heavy atom. The van der Waals surface area contributed by atoms with Crippen LogP contribution in [0.15, 0.2) is 115 Å². The van der Waals surface area contributed by atoms with E-state index >= 15 is 0 Å². The summed E-state index contributed by atoms with van der Waals surface area (Å²) in [4.78, 5) is 40.2. The molecular weight excluding hydrogens is 564 g/mol. The van der Waals surface area contributed by atoms with Crippen molar-refractivity contribution in [3.63, 3.8) is 0 Å². The molecule has 4 rings (SSSR count). The number of nitrogens with one attached hydrogen (secondary N) is 1. The molecule has 0 unspecified atom stereocenters. The summed E-state index contributed by atoms with van der Waals surface area (Å²) in [6.45, 7) is 6.00. The van der Waals surface area contributed by atoms with Crippen LogP contribution in [0.1, 0.15) is 28.4 Å². The molecule has 1 atom stereocenters.